The summed E-state index contributed by atoms with van der Waals surface area (Å²) in [5.74, 6) is 0. The van der Waals surface area contributed by atoms with Gasteiger partial charge in [0.1, 0.15) is 0 Å². The molecule has 0 unspecified atom stereocenters. The normalized spacial score (nSPS) is 11.7. The zero-order valence-corrected chi connectivity index (χ0v) is 9.34. The SMILES string of the molecule is C=CC(=C)/C(=C\NC/C=C\C)CCC. The Bertz CT molecular complexity index is 234. The maximum atomic E-state index is 3.95. The number of nitrogens with one attached hydrogen (secondary N) is 1. The third-order valence-corrected chi connectivity index (χ3v) is 1.93. The first-order valence-corrected chi connectivity index (χ1v) is 5.11. The summed E-state index contributed by atoms with van der Waals surface area (Å²) in [7, 11) is 0. The molecule has 0 heterocycles. The molecule has 0 radical (unpaired) electrons. The molecule has 0 rings (SSSR count). The fourth-order valence-corrected chi connectivity index (χ4v) is 1.09. The minimum absolute atomic E-state index is 0.869. The van der Waals surface area contributed by atoms with Crippen LogP contribution in [0.4, 0.5) is 0 Å². The molecule has 0 atom stereocenters. The van der Waals surface area contributed by atoms with Gasteiger partial charge in [0, 0.05) is 12.7 Å². The minimum atomic E-state index is 0.869. The lowest BCUT2D eigenvalue weighted by Crippen LogP contribution is -2.06. The molecule has 0 spiro atoms. The molecule has 0 fully saturated rings. The topological polar surface area (TPSA) is 12.0 Å². The molecule has 1 nitrogen and oxygen atoms in total. The van der Waals surface area contributed by atoms with E-state index < -0.39 is 0 Å². The van der Waals surface area contributed by atoms with E-state index in [1.807, 2.05) is 19.2 Å². The zero-order valence-electron chi connectivity index (χ0n) is 9.34. The third kappa shape index (κ3) is 5.41. The molecule has 0 aliphatic rings. The Balaban J connectivity index is 4.17. The maximum Gasteiger partial charge on any atom is 0.0325 e. The number of rotatable bonds is 7. The van der Waals surface area contributed by atoms with Gasteiger partial charge < -0.3 is 5.32 Å². The Morgan fingerprint density at radius 1 is 1.43 bits per heavy atom. The van der Waals surface area contributed by atoms with Crippen molar-refractivity contribution in [3.63, 3.8) is 0 Å². The molecule has 0 aromatic carbocycles. The first-order chi connectivity index (χ1) is 6.76. The fourth-order valence-electron chi connectivity index (χ4n) is 1.09. The van der Waals surface area contributed by atoms with E-state index in [-0.39, 0.29) is 0 Å². The lowest BCUT2D eigenvalue weighted by Gasteiger charge is -2.06. The molecule has 1 N–H and O–H groups in total. The van der Waals surface area contributed by atoms with Crippen molar-refractivity contribution in [2.45, 2.75) is 26.7 Å². The van der Waals surface area contributed by atoms with Crippen molar-refractivity contribution in [1.29, 1.82) is 0 Å². The Hall–Kier alpha value is -1.24. The van der Waals surface area contributed by atoms with Gasteiger partial charge in [-0.15, -0.1) is 0 Å². The lowest BCUT2D eigenvalue weighted by molar-refractivity contribution is 0.885. The highest BCUT2D eigenvalue weighted by atomic mass is 14.8. The molecule has 0 amide bonds. The second-order valence-corrected chi connectivity index (χ2v) is 3.13. The third-order valence-electron chi connectivity index (χ3n) is 1.93. The van der Waals surface area contributed by atoms with Crippen molar-refractivity contribution >= 4 is 0 Å². The highest BCUT2D eigenvalue weighted by Gasteiger charge is 1.96. The minimum Gasteiger partial charge on any atom is -0.387 e. The molecular weight excluding hydrogens is 170 g/mol. The molecule has 78 valence electrons. The van der Waals surface area contributed by atoms with E-state index in [4.69, 9.17) is 0 Å². The van der Waals surface area contributed by atoms with Gasteiger partial charge in [0.2, 0.25) is 0 Å². The highest BCUT2D eigenvalue weighted by molar-refractivity contribution is 5.35. The van der Waals surface area contributed by atoms with Crippen LogP contribution >= 0.6 is 0 Å². The van der Waals surface area contributed by atoms with Crippen LogP contribution in [-0.4, -0.2) is 6.54 Å². The van der Waals surface area contributed by atoms with Gasteiger partial charge in [-0.3, -0.25) is 0 Å². The summed E-state index contributed by atoms with van der Waals surface area (Å²) in [6, 6.07) is 0. The predicted octanol–water partition coefficient (Wildman–Crippen LogP) is 3.58. The van der Waals surface area contributed by atoms with Gasteiger partial charge in [0.05, 0.1) is 0 Å². The molecule has 0 aromatic rings. The largest absolute Gasteiger partial charge is 0.387 e. The van der Waals surface area contributed by atoms with E-state index in [1.165, 1.54) is 5.57 Å². The average molecular weight is 191 g/mol. The second kappa shape index (κ2) is 8.36. The Morgan fingerprint density at radius 2 is 2.14 bits per heavy atom. The van der Waals surface area contributed by atoms with Crippen LogP contribution in [0.25, 0.3) is 0 Å². The number of allylic oxidation sites excluding steroid dienone is 4. The Kier molecular flexibility index (Phi) is 7.62. The monoisotopic (exact) mass is 191 g/mol. The molecule has 0 bridgehead atoms. The van der Waals surface area contributed by atoms with Gasteiger partial charge in [-0.05, 0) is 24.5 Å². The van der Waals surface area contributed by atoms with E-state index in [0.717, 1.165) is 25.0 Å². The second-order valence-electron chi connectivity index (χ2n) is 3.13. The zero-order chi connectivity index (χ0) is 10.8. The van der Waals surface area contributed by atoms with E-state index in [2.05, 4.69) is 31.5 Å². The molecular formula is C13H21N. The average Bonchev–Trinajstić information content (AvgIpc) is 2.21. The summed E-state index contributed by atoms with van der Waals surface area (Å²) in [5, 5.41) is 3.23. The van der Waals surface area contributed by atoms with Gasteiger partial charge in [-0.1, -0.05) is 44.7 Å². The highest BCUT2D eigenvalue weighted by Crippen LogP contribution is 2.13. The lowest BCUT2D eigenvalue weighted by atomic mass is 10.0. The van der Waals surface area contributed by atoms with Crippen molar-refractivity contribution in [3.05, 3.63) is 48.7 Å². The molecule has 0 aliphatic heterocycles. The molecule has 0 aromatic heterocycles. The molecule has 1 heteroatoms. The standard InChI is InChI=1S/C13H21N/c1-5-8-10-14-11-13(9-6-2)12(4)7-3/h5,7-8,11,14H,3-4,6,9-10H2,1-2H3/b8-5-,13-11-. The van der Waals surface area contributed by atoms with E-state index >= 15 is 0 Å². The summed E-state index contributed by atoms with van der Waals surface area (Å²) in [6.07, 6.45) is 10.1. The molecule has 0 saturated carbocycles. The van der Waals surface area contributed by atoms with Gasteiger partial charge in [-0.2, -0.15) is 0 Å². The summed E-state index contributed by atoms with van der Waals surface area (Å²) in [5.41, 5.74) is 2.26. The van der Waals surface area contributed by atoms with Gasteiger partial charge >= 0.3 is 0 Å². The predicted molar refractivity (Wildman–Crippen MR) is 65.1 cm³/mol. The van der Waals surface area contributed by atoms with Crippen molar-refractivity contribution in [1.82, 2.24) is 5.32 Å². The summed E-state index contributed by atoms with van der Waals surface area (Å²) < 4.78 is 0. The fraction of sp³-hybridized carbons (Fsp3) is 0.385. The van der Waals surface area contributed by atoms with Crippen molar-refractivity contribution in [2.24, 2.45) is 0 Å². The maximum absolute atomic E-state index is 3.95. The van der Waals surface area contributed by atoms with Gasteiger partial charge in [0.25, 0.3) is 0 Å². The van der Waals surface area contributed by atoms with Crippen molar-refractivity contribution < 1.29 is 0 Å². The quantitative estimate of drug-likeness (QED) is 0.368. The molecule has 14 heavy (non-hydrogen) atoms. The van der Waals surface area contributed by atoms with Gasteiger partial charge in [0.15, 0.2) is 0 Å². The first kappa shape index (κ1) is 12.8. The van der Waals surface area contributed by atoms with E-state index in [1.54, 1.807) is 6.08 Å². The first-order valence-electron chi connectivity index (χ1n) is 5.11. The summed E-state index contributed by atoms with van der Waals surface area (Å²) >= 11 is 0. The van der Waals surface area contributed by atoms with Crippen LogP contribution < -0.4 is 5.32 Å². The van der Waals surface area contributed by atoms with Crippen LogP contribution in [0.3, 0.4) is 0 Å². The van der Waals surface area contributed by atoms with Crippen LogP contribution in [0.1, 0.15) is 26.7 Å². The Labute approximate surface area is 87.9 Å². The molecule has 0 aliphatic carbocycles. The van der Waals surface area contributed by atoms with Crippen molar-refractivity contribution in [2.75, 3.05) is 6.54 Å². The molecule has 0 saturated heterocycles. The number of hydrogen-bond acceptors (Lipinski definition) is 1. The van der Waals surface area contributed by atoms with Crippen LogP contribution in [0.15, 0.2) is 48.7 Å². The Morgan fingerprint density at radius 3 is 2.64 bits per heavy atom. The van der Waals surface area contributed by atoms with Crippen LogP contribution in [-0.2, 0) is 0 Å². The van der Waals surface area contributed by atoms with Crippen LogP contribution in [0, 0.1) is 0 Å². The van der Waals surface area contributed by atoms with Gasteiger partial charge in [-0.25, -0.2) is 0 Å². The summed E-state index contributed by atoms with van der Waals surface area (Å²) in [4.78, 5) is 0. The van der Waals surface area contributed by atoms with Crippen LogP contribution in [0.5, 0.6) is 0 Å². The van der Waals surface area contributed by atoms with E-state index in [9.17, 15) is 0 Å². The van der Waals surface area contributed by atoms with E-state index in [0.29, 0.717) is 0 Å². The number of hydrogen-bond donors (Lipinski definition) is 1. The van der Waals surface area contributed by atoms with Crippen LogP contribution in [0.2, 0.25) is 0 Å². The smallest absolute Gasteiger partial charge is 0.0325 e. The van der Waals surface area contributed by atoms with Crippen molar-refractivity contribution in [3.8, 4) is 0 Å². The summed E-state index contributed by atoms with van der Waals surface area (Å²) in [6.45, 7) is 12.7.